The maximum atomic E-state index is 14.1. The number of ketones is 1. The lowest BCUT2D eigenvalue weighted by molar-refractivity contribution is -0.138. The molecule has 2 aliphatic carbocycles. The lowest BCUT2D eigenvalue weighted by atomic mass is 9.77. The van der Waals surface area contributed by atoms with Crippen LogP contribution in [-0.2, 0) is 25.7 Å². The Kier molecular flexibility index (Phi) is 16.8. The molecule has 5 N–H and O–H groups in total. The summed E-state index contributed by atoms with van der Waals surface area (Å²) < 4.78 is 7.76. The first-order valence-electron chi connectivity index (χ1n) is 23.9. The Morgan fingerprint density at radius 2 is 1.65 bits per heavy atom. The Labute approximate surface area is 388 Å². The molecule has 4 aromatic rings. The van der Waals surface area contributed by atoms with Crippen molar-refractivity contribution in [3.05, 3.63) is 65.1 Å². The predicted octanol–water partition coefficient (Wildman–Crippen LogP) is 5.43. The maximum absolute atomic E-state index is 14.1. The average molecular weight is 913 g/mol. The number of amides is 2. The van der Waals surface area contributed by atoms with Crippen LogP contribution in [0.1, 0.15) is 102 Å². The molecule has 0 bridgehead atoms. The molecule has 0 spiro atoms. The SMILES string of the molecule is CCC(CC)c1cc(N[C@H]2CC[C@H](NCCN3CCN(CCOCC(=O)N[C@H](C(=O)C4C[C@H](O)C[C@H]4C(=O)NCc4ccc(-c5scnc5C)cc4)C(C)(C)C)CC3)C2)n2nccc2n1. The molecular formula is C49H72N10O5S. The Bertz CT molecular complexity index is 2180. The fourth-order valence-corrected chi connectivity index (χ4v) is 10.7. The number of aliphatic hydroxyl groups excluding tert-OH is 1. The standard InChI is InChI=1S/C49H72N10O5S/c1-7-34(8-2)41-28-43(59-42(55-41)15-16-53-59)54-37-14-13-36(25-37)50-17-18-57-19-21-58(22-20-57)23-24-64-30-44(61)56-47(49(4,5)6)45(62)39-26-38(60)27-40(39)48(63)51-29-33-9-11-35(12-10-33)46-32(3)52-31-65-46/h9-12,15-16,28,31,34,36-40,47,50,54,60H,7-8,13-14,17-27,29-30H2,1-6H3,(H,51,63)(H,56,61)/t36-,37-,38-,39?,40+,47+/m0/s1. The summed E-state index contributed by atoms with van der Waals surface area (Å²) in [7, 11) is 0. The topological polar surface area (TPSA) is 178 Å². The molecule has 1 unspecified atom stereocenters. The summed E-state index contributed by atoms with van der Waals surface area (Å²) in [5.74, 6) is -0.763. The first-order chi connectivity index (χ1) is 31.3. The van der Waals surface area contributed by atoms with Crippen molar-refractivity contribution in [2.24, 2.45) is 17.3 Å². The number of piperazine rings is 1. The number of rotatable bonds is 21. The van der Waals surface area contributed by atoms with E-state index in [2.05, 4.69) is 61.1 Å². The molecule has 1 saturated heterocycles. The monoisotopic (exact) mass is 913 g/mol. The molecule has 6 atom stereocenters. The van der Waals surface area contributed by atoms with Crippen molar-refractivity contribution in [2.75, 3.05) is 64.3 Å². The third-order valence-corrected chi connectivity index (χ3v) is 14.8. The number of hydrogen-bond donors (Lipinski definition) is 5. The largest absolute Gasteiger partial charge is 0.393 e. The van der Waals surface area contributed by atoms with E-state index in [-0.39, 0.29) is 37.0 Å². The number of benzene rings is 1. The van der Waals surface area contributed by atoms with Crippen molar-refractivity contribution in [3.8, 4) is 10.4 Å². The summed E-state index contributed by atoms with van der Waals surface area (Å²) in [6.45, 7) is 19.3. The quantitative estimate of drug-likeness (QED) is 0.0672. The molecule has 4 heterocycles. The summed E-state index contributed by atoms with van der Waals surface area (Å²) >= 11 is 1.59. The number of aromatic nitrogens is 4. The van der Waals surface area contributed by atoms with Crippen LogP contribution in [-0.4, -0.2) is 135 Å². The number of hydrogen-bond acceptors (Lipinski definition) is 13. The Morgan fingerprint density at radius 3 is 2.34 bits per heavy atom. The number of aryl methyl sites for hydroxylation is 1. The molecule has 3 fully saturated rings. The summed E-state index contributed by atoms with van der Waals surface area (Å²) in [6.07, 6.45) is 6.95. The molecule has 3 aromatic heterocycles. The Balaban J connectivity index is 0.781. The molecule has 16 heteroatoms. The number of carbonyl (C=O) groups is 3. The minimum atomic E-state index is -0.838. The number of ether oxygens (including phenoxy) is 1. The maximum Gasteiger partial charge on any atom is 0.246 e. The van der Waals surface area contributed by atoms with Gasteiger partial charge in [0, 0.05) is 94.1 Å². The number of Topliss-reactive ketones (excluding diaryl/α,β-unsaturated/α-hetero) is 1. The summed E-state index contributed by atoms with van der Waals surface area (Å²) in [5.41, 5.74) is 6.25. The number of aliphatic hydroxyl groups is 1. The first kappa shape index (κ1) is 48.6. The lowest BCUT2D eigenvalue weighted by Crippen LogP contribution is -2.53. The van der Waals surface area contributed by atoms with Crippen molar-refractivity contribution in [2.45, 2.75) is 123 Å². The van der Waals surface area contributed by atoms with E-state index >= 15 is 0 Å². The number of nitrogens with zero attached hydrogens (tertiary/aromatic N) is 6. The molecular weight excluding hydrogens is 841 g/mol. The molecule has 2 saturated carbocycles. The molecule has 7 rings (SSSR count). The van der Waals surface area contributed by atoms with E-state index in [0.717, 1.165) is 117 Å². The molecule has 15 nitrogen and oxygen atoms in total. The van der Waals surface area contributed by atoms with Crippen LogP contribution in [0.4, 0.5) is 5.82 Å². The van der Waals surface area contributed by atoms with Crippen LogP contribution < -0.4 is 21.3 Å². The van der Waals surface area contributed by atoms with Gasteiger partial charge in [-0.25, -0.2) is 9.97 Å². The van der Waals surface area contributed by atoms with E-state index in [1.807, 2.05) is 74.2 Å². The highest BCUT2D eigenvalue weighted by Crippen LogP contribution is 2.37. The van der Waals surface area contributed by atoms with Gasteiger partial charge in [-0.05, 0) is 68.4 Å². The van der Waals surface area contributed by atoms with E-state index in [1.165, 1.54) is 0 Å². The van der Waals surface area contributed by atoms with Crippen LogP contribution >= 0.6 is 11.3 Å². The zero-order valence-electron chi connectivity index (χ0n) is 39.4. The Hall–Kier alpha value is -4.32. The number of anilines is 1. The van der Waals surface area contributed by atoms with Crippen LogP contribution in [0.15, 0.2) is 48.1 Å². The smallest absolute Gasteiger partial charge is 0.246 e. The van der Waals surface area contributed by atoms with Gasteiger partial charge in [0.2, 0.25) is 11.8 Å². The normalized spacial score (nSPS) is 22.4. The van der Waals surface area contributed by atoms with Crippen molar-refractivity contribution in [1.29, 1.82) is 0 Å². The van der Waals surface area contributed by atoms with E-state index in [9.17, 15) is 19.5 Å². The molecule has 354 valence electrons. The number of carbonyl (C=O) groups excluding carboxylic acids is 3. The van der Waals surface area contributed by atoms with Crippen LogP contribution in [0.25, 0.3) is 16.1 Å². The highest BCUT2D eigenvalue weighted by Gasteiger charge is 2.46. The van der Waals surface area contributed by atoms with Gasteiger partial charge in [0.1, 0.15) is 12.4 Å². The van der Waals surface area contributed by atoms with Crippen molar-refractivity contribution in [3.63, 3.8) is 0 Å². The van der Waals surface area contributed by atoms with Crippen molar-refractivity contribution >= 4 is 40.4 Å². The van der Waals surface area contributed by atoms with Gasteiger partial charge < -0.3 is 31.1 Å². The number of thiazole rings is 1. The fourth-order valence-electron chi connectivity index (χ4n) is 9.90. The number of nitrogens with one attached hydrogen (secondary N) is 4. The van der Waals surface area contributed by atoms with Gasteiger partial charge in [-0.2, -0.15) is 9.61 Å². The molecule has 2 amide bonds. The van der Waals surface area contributed by atoms with Crippen molar-refractivity contribution < 1.29 is 24.2 Å². The van der Waals surface area contributed by atoms with Crippen molar-refractivity contribution in [1.82, 2.24) is 45.3 Å². The lowest BCUT2D eigenvalue weighted by Gasteiger charge is -2.35. The van der Waals surface area contributed by atoms with E-state index < -0.39 is 29.4 Å². The second kappa shape index (κ2) is 22.4. The highest BCUT2D eigenvalue weighted by atomic mass is 32.1. The van der Waals surface area contributed by atoms with Crippen LogP contribution in [0.2, 0.25) is 0 Å². The summed E-state index contributed by atoms with van der Waals surface area (Å²) in [5, 5.41) is 28.7. The first-order valence-corrected chi connectivity index (χ1v) is 24.8. The van der Waals surface area contributed by atoms with Gasteiger partial charge in [-0.3, -0.25) is 24.2 Å². The average Bonchev–Trinajstić information content (AvgIpc) is 4.12. The number of fused-ring (bicyclic) bond motifs is 1. The third kappa shape index (κ3) is 12.8. The van der Waals surface area contributed by atoms with E-state index in [4.69, 9.17) is 9.72 Å². The van der Waals surface area contributed by atoms with Gasteiger partial charge in [-0.1, -0.05) is 58.9 Å². The van der Waals surface area contributed by atoms with Crippen LogP contribution in [0.5, 0.6) is 0 Å². The van der Waals surface area contributed by atoms with Crippen LogP contribution in [0, 0.1) is 24.2 Å². The van der Waals surface area contributed by atoms with E-state index in [1.54, 1.807) is 11.3 Å². The van der Waals surface area contributed by atoms with Gasteiger partial charge >= 0.3 is 0 Å². The molecule has 65 heavy (non-hydrogen) atoms. The third-order valence-electron chi connectivity index (χ3n) is 13.8. The highest BCUT2D eigenvalue weighted by molar-refractivity contribution is 7.13. The minimum absolute atomic E-state index is 0.156. The second-order valence-electron chi connectivity index (χ2n) is 19.5. The van der Waals surface area contributed by atoms with E-state index in [0.29, 0.717) is 31.2 Å². The summed E-state index contributed by atoms with van der Waals surface area (Å²) in [6, 6.07) is 12.2. The van der Waals surface area contributed by atoms with Gasteiger partial charge in [0.15, 0.2) is 11.4 Å². The van der Waals surface area contributed by atoms with Gasteiger partial charge in [0.25, 0.3) is 0 Å². The molecule has 1 aromatic carbocycles. The molecule has 3 aliphatic rings. The minimum Gasteiger partial charge on any atom is -0.393 e. The zero-order valence-corrected chi connectivity index (χ0v) is 40.2. The molecule has 0 radical (unpaired) electrons. The van der Waals surface area contributed by atoms with Gasteiger partial charge in [0.05, 0.1) is 46.9 Å². The second-order valence-corrected chi connectivity index (χ2v) is 20.4. The zero-order chi connectivity index (χ0) is 46.1. The van der Waals surface area contributed by atoms with Crippen LogP contribution in [0.3, 0.4) is 0 Å². The summed E-state index contributed by atoms with van der Waals surface area (Å²) in [4.78, 5) is 56.0. The van der Waals surface area contributed by atoms with Gasteiger partial charge in [-0.15, -0.1) is 11.3 Å². The predicted molar refractivity (Wildman–Crippen MR) is 256 cm³/mol. The fraction of sp³-hybridized carbons (Fsp3) is 0.633. The molecule has 1 aliphatic heterocycles. The Morgan fingerprint density at radius 1 is 0.938 bits per heavy atom.